The lowest BCUT2D eigenvalue weighted by Crippen LogP contribution is -2.55. The third-order valence-corrected chi connectivity index (χ3v) is 8.97. The molecule has 5 nitrogen and oxygen atoms in total. The van der Waals surface area contributed by atoms with Crippen LogP contribution in [0.15, 0.2) is 42.5 Å². The Bertz CT molecular complexity index is 977. The summed E-state index contributed by atoms with van der Waals surface area (Å²) in [6, 6.07) is 14.3. The molecule has 2 aliphatic carbocycles. The molecule has 0 unspecified atom stereocenters. The van der Waals surface area contributed by atoms with Crippen LogP contribution < -0.4 is 0 Å². The minimum atomic E-state index is -1.40. The molecule has 0 radical (unpaired) electrons. The molecule has 2 aromatic carbocycles. The van der Waals surface area contributed by atoms with E-state index in [1.807, 2.05) is 6.07 Å². The number of ether oxygens (including phenoxy) is 1. The molecule has 2 saturated carbocycles. The monoisotopic (exact) mass is 486 g/mol. The van der Waals surface area contributed by atoms with E-state index in [9.17, 15) is 20.4 Å². The van der Waals surface area contributed by atoms with Crippen LogP contribution in [0.3, 0.4) is 0 Å². The molecule has 3 fully saturated rings. The largest absolute Gasteiger partial charge is 0.394 e. The van der Waals surface area contributed by atoms with Crippen molar-refractivity contribution in [2.75, 3.05) is 6.61 Å². The maximum absolute atomic E-state index is 10.5. The van der Waals surface area contributed by atoms with Gasteiger partial charge in [0.05, 0.1) is 6.61 Å². The first-order valence-corrected chi connectivity index (χ1v) is 12.9. The lowest BCUT2D eigenvalue weighted by atomic mass is 9.58. The number of aliphatic hydroxyl groups is 4. The summed E-state index contributed by atoms with van der Waals surface area (Å²) in [7, 11) is 0. The average Bonchev–Trinajstić information content (AvgIpc) is 2.84. The van der Waals surface area contributed by atoms with Crippen molar-refractivity contribution in [1.82, 2.24) is 0 Å². The van der Waals surface area contributed by atoms with Gasteiger partial charge in [-0.15, -0.1) is 0 Å². The van der Waals surface area contributed by atoms with Crippen molar-refractivity contribution >= 4 is 11.6 Å². The summed E-state index contributed by atoms with van der Waals surface area (Å²) >= 11 is 6.50. The van der Waals surface area contributed by atoms with E-state index in [2.05, 4.69) is 24.3 Å². The van der Waals surface area contributed by atoms with Gasteiger partial charge >= 0.3 is 0 Å². The van der Waals surface area contributed by atoms with Gasteiger partial charge in [-0.1, -0.05) is 54.4 Å². The second-order valence-electron chi connectivity index (χ2n) is 10.6. The molecule has 184 valence electrons. The minimum Gasteiger partial charge on any atom is -0.394 e. The highest BCUT2D eigenvalue weighted by atomic mass is 35.5. The molecule has 0 aromatic heterocycles. The maximum Gasteiger partial charge on any atom is 0.113 e. The summed E-state index contributed by atoms with van der Waals surface area (Å²) < 4.78 is 5.72. The molecule has 1 aliphatic heterocycles. The Balaban J connectivity index is 1.28. The Kier molecular flexibility index (Phi) is 7.04. The van der Waals surface area contributed by atoms with Crippen LogP contribution in [0.1, 0.15) is 79.2 Å². The first-order valence-electron chi connectivity index (χ1n) is 12.6. The molecule has 1 spiro atoms. The lowest BCUT2D eigenvalue weighted by molar-refractivity contribution is -0.231. The van der Waals surface area contributed by atoms with E-state index in [-0.39, 0.29) is 0 Å². The SMILES string of the molecule is OC[C@H]1O[C@H](c2ccc(Cl)c(Cc3ccc(C4CCC5(CCC5)CC4)cc3)c2)[C@H](O)[C@@H](O)[C@@H]1O. The first kappa shape index (κ1) is 24.2. The zero-order valence-corrected chi connectivity index (χ0v) is 20.2. The normalized spacial score (nSPS) is 31.4. The van der Waals surface area contributed by atoms with Crippen LogP contribution in [0.2, 0.25) is 5.02 Å². The summed E-state index contributed by atoms with van der Waals surface area (Å²) in [4.78, 5) is 0. The fourth-order valence-electron chi connectivity index (χ4n) is 6.15. The smallest absolute Gasteiger partial charge is 0.113 e. The Morgan fingerprint density at radius 3 is 2.15 bits per heavy atom. The van der Waals surface area contributed by atoms with Crippen LogP contribution in [0.5, 0.6) is 0 Å². The minimum absolute atomic E-state index is 0.448. The van der Waals surface area contributed by atoms with Crippen molar-refractivity contribution in [3.05, 3.63) is 69.7 Å². The van der Waals surface area contributed by atoms with E-state index in [0.717, 1.165) is 11.1 Å². The molecule has 4 N–H and O–H groups in total. The van der Waals surface area contributed by atoms with Crippen molar-refractivity contribution in [2.45, 2.75) is 87.8 Å². The summed E-state index contributed by atoms with van der Waals surface area (Å²) in [6.45, 7) is -0.448. The summed E-state index contributed by atoms with van der Waals surface area (Å²) in [5.41, 5.74) is 4.81. The number of halogens is 1. The molecule has 5 rings (SSSR count). The predicted octanol–water partition coefficient (Wildman–Crippen LogP) is 4.27. The van der Waals surface area contributed by atoms with Crippen LogP contribution in [0.25, 0.3) is 0 Å². The van der Waals surface area contributed by atoms with Gasteiger partial charge < -0.3 is 25.2 Å². The second-order valence-corrected chi connectivity index (χ2v) is 11.1. The molecule has 1 saturated heterocycles. The predicted molar refractivity (Wildman–Crippen MR) is 131 cm³/mol. The Hall–Kier alpha value is -1.47. The van der Waals surface area contributed by atoms with E-state index in [1.165, 1.54) is 50.5 Å². The number of rotatable bonds is 5. The highest BCUT2D eigenvalue weighted by Gasteiger charge is 2.44. The third-order valence-electron chi connectivity index (χ3n) is 8.60. The van der Waals surface area contributed by atoms with Crippen molar-refractivity contribution in [2.24, 2.45) is 5.41 Å². The second kappa shape index (κ2) is 9.88. The molecule has 34 heavy (non-hydrogen) atoms. The number of hydrogen-bond donors (Lipinski definition) is 4. The van der Waals surface area contributed by atoms with Gasteiger partial charge in [-0.05, 0) is 84.6 Å². The van der Waals surface area contributed by atoms with Crippen molar-refractivity contribution in [3.8, 4) is 0 Å². The fourth-order valence-corrected chi connectivity index (χ4v) is 6.34. The van der Waals surface area contributed by atoms with E-state index < -0.39 is 37.1 Å². The van der Waals surface area contributed by atoms with Crippen LogP contribution in [0, 0.1) is 5.41 Å². The Morgan fingerprint density at radius 1 is 0.853 bits per heavy atom. The molecular formula is C28H35ClO5. The molecule has 3 aliphatic rings. The highest BCUT2D eigenvalue weighted by molar-refractivity contribution is 6.31. The third kappa shape index (κ3) is 4.67. The quantitative estimate of drug-likeness (QED) is 0.506. The first-order chi connectivity index (χ1) is 16.4. The van der Waals surface area contributed by atoms with Gasteiger partial charge in [0.25, 0.3) is 0 Å². The fraction of sp³-hybridized carbons (Fsp3) is 0.571. The van der Waals surface area contributed by atoms with E-state index in [4.69, 9.17) is 16.3 Å². The Labute approximate surface area is 206 Å². The van der Waals surface area contributed by atoms with Crippen LogP contribution >= 0.6 is 11.6 Å². The number of hydrogen-bond acceptors (Lipinski definition) is 5. The van der Waals surface area contributed by atoms with Gasteiger partial charge in [0.15, 0.2) is 0 Å². The number of aliphatic hydroxyl groups excluding tert-OH is 4. The molecule has 0 amide bonds. The molecular weight excluding hydrogens is 452 g/mol. The van der Waals surface area contributed by atoms with Gasteiger partial charge in [-0.2, -0.15) is 0 Å². The van der Waals surface area contributed by atoms with Gasteiger partial charge in [0.1, 0.15) is 30.5 Å². The summed E-state index contributed by atoms with van der Waals surface area (Å²) in [5, 5.41) is 40.8. The summed E-state index contributed by atoms with van der Waals surface area (Å²) in [6.07, 6.45) is 4.39. The zero-order valence-electron chi connectivity index (χ0n) is 19.4. The molecule has 1 heterocycles. The van der Waals surface area contributed by atoms with Gasteiger partial charge in [0, 0.05) is 5.02 Å². The highest BCUT2D eigenvalue weighted by Crippen LogP contribution is 2.54. The van der Waals surface area contributed by atoms with Crippen molar-refractivity contribution < 1.29 is 25.2 Å². The molecule has 2 aromatic rings. The van der Waals surface area contributed by atoms with Gasteiger partial charge in [-0.25, -0.2) is 0 Å². The van der Waals surface area contributed by atoms with Gasteiger partial charge in [0.2, 0.25) is 0 Å². The average molecular weight is 487 g/mol. The van der Waals surface area contributed by atoms with Crippen LogP contribution in [0.4, 0.5) is 0 Å². The zero-order chi connectivity index (χ0) is 23.9. The Morgan fingerprint density at radius 2 is 1.53 bits per heavy atom. The van der Waals surface area contributed by atoms with Crippen LogP contribution in [-0.2, 0) is 11.2 Å². The number of benzene rings is 2. The van der Waals surface area contributed by atoms with Crippen LogP contribution in [-0.4, -0.2) is 51.4 Å². The molecule has 6 heteroatoms. The van der Waals surface area contributed by atoms with Crippen molar-refractivity contribution in [1.29, 1.82) is 0 Å². The topological polar surface area (TPSA) is 90.2 Å². The summed E-state index contributed by atoms with van der Waals surface area (Å²) in [5.74, 6) is 0.665. The van der Waals surface area contributed by atoms with Gasteiger partial charge in [-0.3, -0.25) is 0 Å². The maximum atomic E-state index is 10.5. The lowest BCUT2D eigenvalue weighted by Gasteiger charge is -2.47. The van der Waals surface area contributed by atoms with E-state index >= 15 is 0 Å². The van der Waals surface area contributed by atoms with Crippen molar-refractivity contribution in [3.63, 3.8) is 0 Å². The molecule has 0 bridgehead atoms. The standard InChI is InChI=1S/C28H35ClO5/c29-22-7-6-20(27-26(33)25(32)24(31)23(16-30)34-27)15-21(22)14-17-2-4-18(5-3-17)19-8-12-28(13-9-19)10-1-11-28/h2-7,15,19,23-27,30-33H,1,8-14,16H2/t23-,24-,25+,26-,27-/m1/s1. The van der Waals surface area contributed by atoms with E-state index in [0.29, 0.717) is 28.3 Å². The molecule has 5 atom stereocenters. The van der Waals surface area contributed by atoms with E-state index in [1.54, 1.807) is 12.1 Å².